The fourth-order valence-corrected chi connectivity index (χ4v) is 2.99. The lowest BCUT2D eigenvalue weighted by Gasteiger charge is -2.07. The topological polar surface area (TPSA) is 26.0 Å². The predicted octanol–water partition coefficient (Wildman–Crippen LogP) is 4.19. The van der Waals surface area contributed by atoms with Crippen LogP contribution >= 0.6 is 27.7 Å². The van der Waals surface area contributed by atoms with Crippen molar-refractivity contribution in [2.45, 2.75) is 37.6 Å². The Morgan fingerprint density at radius 3 is 2.80 bits per heavy atom. The van der Waals surface area contributed by atoms with Gasteiger partial charge in [0.1, 0.15) is 0 Å². The summed E-state index contributed by atoms with van der Waals surface area (Å²) >= 11 is 5.41. The van der Waals surface area contributed by atoms with E-state index in [1.807, 2.05) is 11.8 Å². The van der Waals surface area contributed by atoms with Crippen LogP contribution in [0.15, 0.2) is 27.6 Å². The lowest BCUT2D eigenvalue weighted by molar-refractivity contribution is 0.778. The molecule has 0 aliphatic carbocycles. The maximum atomic E-state index is 5.70. The van der Waals surface area contributed by atoms with Crippen LogP contribution in [0.3, 0.4) is 0 Å². The van der Waals surface area contributed by atoms with Crippen LogP contribution in [0.4, 0.5) is 0 Å². The fraction of sp³-hybridized carbons (Fsp3) is 0.500. The van der Waals surface area contributed by atoms with Crippen LogP contribution in [-0.2, 0) is 6.54 Å². The molecule has 0 aliphatic rings. The lowest BCUT2D eigenvalue weighted by atomic mass is 10.2. The van der Waals surface area contributed by atoms with Crippen molar-refractivity contribution in [1.82, 2.24) is 0 Å². The number of benzene rings is 1. The quantitative estimate of drug-likeness (QED) is 0.627. The molecule has 84 valence electrons. The minimum atomic E-state index is 0.628. The second-order valence-corrected chi connectivity index (χ2v) is 5.56. The van der Waals surface area contributed by atoms with E-state index in [1.165, 1.54) is 35.5 Å². The van der Waals surface area contributed by atoms with Crippen molar-refractivity contribution in [2.75, 3.05) is 5.75 Å². The van der Waals surface area contributed by atoms with Gasteiger partial charge in [-0.1, -0.05) is 41.8 Å². The Balaban J connectivity index is 2.54. The summed E-state index contributed by atoms with van der Waals surface area (Å²) < 4.78 is 1.14. The SMILES string of the molecule is CCCCCSc1cc(Br)ccc1CN. The molecule has 2 N–H and O–H groups in total. The third-order valence-corrected chi connectivity index (χ3v) is 3.93. The monoisotopic (exact) mass is 287 g/mol. The average molecular weight is 288 g/mol. The Labute approximate surface area is 105 Å². The highest BCUT2D eigenvalue weighted by molar-refractivity contribution is 9.10. The van der Waals surface area contributed by atoms with E-state index in [0.29, 0.717) is 6.54 Å². The van der Waals surface area contributed by atoms with Gasteiger partial charge in [0.15, 0.2) is 0 Å². The van der Waals surface area contributed by atoms with Gasteiger partial charge in [0.05, 0.1) is 0 Å². The van der Waals surface area contributed by atoms with Crippen LogP contribution in [0.2, 0.25) is 0 Å². The molecule has 0 radical (unpaired) electrons. The molecule has 0 amide bonds. The van der Waals surface area contributed by atoms with E-state index in [1.54, 1.807) is 0 Å². The van der Waals surface area contributed by atoms with Crippen LogP contribution in [-0.4, -0.2) is 5.75 Å². The molecule has 1 rings (SSSR count). The number of unbranched alkanes of at least 4 members (excludes halogenated alkanes) is 2. The van der Waals surface area contributed by atoms with Crippen molar-refractivity contribution in [1.29, 1.82) is 0 Å². The first kappa shape index (κ1) is 13.1. The van der Waals surface area contributed by atoms with E-state index in [0.717, 1.165) is 4.47 Å². The molecule has 1 nitrogen and oxygen atoms in total. The zero-order valence-corrected chi connectivity index (χ0v) is 11.5. The van der Waals surface area contributed by atoms with Gasteiger partial charge >= 0.3 is 0 Å². The zero-order valence-electron chi connectivity index (χ0n) is 9.13. The van der Waals surface area contributed by atoms with Crippen molar-refractivity contribution in [3.8, 4) is 0 Å². The molecule has 1 aromatic carbocycles. The molecule has 0 aromatic heterocycles. The van der Waals surface area contributed by atoms with Gasteiger partial charge in [-0.15, -0.1) is 11.8 Å². The molecule has 0 saturated carbocycles. The van der Waals surface area contributed by atoms with Gasteiger partial charge in [-0.05, 0) is 29.9 Å². The Kier molecular flexibility index (Phi) is 6.37. The van der Waals surface area contributed by atoms with Crippen molar-refractivity contribution in [2.24, 2.45) is 5.73 Å². The summed E-state index contributed by atoms with van der Waals surface area (Å²) in [6, 6.07) is 6.32. The summed E-state index contributed by atoms with van der Waals surface area (Å²) in [7, 11) is 0. The number of nitrogens with two attached hydrogens (primary N) is 1. The van der Waals surface area contributed by atoms with Crippen LogP contribution in [0.25, 0.3) is 0 Å². The first-order valence-corrected chi connectivity index (χ1v) is 7.17. The highest BCUT2D eigenvalue weighted by Gasteiger charge is 2.02. The van der Waals surface area contributed by atoms with Gasteiger partial charge in [-0.3, -0.25) is 0 Å². The molecule has 0 saturated heterocycles. The Morgan fingerprint density at radius 1 is 1.33 bits per heavy atom. The van der Waals surface area contributed by atoms with E-state index in [-0.39, 0.29) is 0 Å². The summed E-state index contributed by atoms with van der Waals surface area (Å²) in [6.07, 6.45) is 3.89. The van der Waals surface area contributed by atoms with E-state index < -0.39 is 0 Å². The Hall–Kier alpha value is 0.01000. The van der Waals surface area contributed by atoms with Crippen LogP contribution in [0.5, 0.6) is 0 Å². The van der Waals surface area contributed by atoms with Gasteiger partial charge in [0.2, 0.25) is 0 Å². The van der Waals surface area contributed by atoms with Crippen LogP contribution in [0, 0.1) is 0 Å². The van der Waals surface area contributed by atoms with Gasteiger partial charge in [-0.2, -0.15) is 0 Å². The van der Waals surface area contributed by atoms with E-state index >= 15 is 0 Å². The van der Waals surface area contributed by atoms with Gasteiger partial charge in [-0.25, -0.2) is 0 Å². The van der Waals surface area contributed by atoms with Gasteiger partial charge in [0, 0.05) is 15.9 Å². The summed E-state index contributed by atoms with van der Waals surface area (Å²) in [4.78, 5) is 1.32. The minimum absolute atomic E-state index is 0.628. The highest BCUT2D eigenvalue weighted by atomic mass is 79.9. The zero-order chi connectivity index (χ0) is 11.1. The van der Waals surface area contributed by atoms with Gasteiger partial charge < -0.3 is 5.73 Å². The fourth-order valence-electron chi connectivity index (χ4n) is 1.37. The standard InChI is InChI=1S/C12H18BrNS/c1-2-3-4-7-15-12-8-11(13)6-5-10(12)9-14/h5-6,8H,2-4,7,9,14H2,1H3. The Bertz CT molecular complexity index is 302. The molecule has 0 spiro atoms. The first-order chi connectivity index (χ1) is 7.27. The second-order valence-electron chi connectivity index (χ2n) is 3.51. The number of hydrogen-bond acceptors (Lipinski definition) is 2. The number of thioether (sulfide) groups is 1. The lowest BCUT2D eigenvalue weighted by Crippen LogP contribution is -1.98. The molecular weight excluding hydrogens is 270 g/mol. The molecule has 0 atom stereocenters. The number of hydrogen-bond donors (Lipinski definition) is 1. The molecule has 0 fully saturated rings. The minimum Gasteiger partial charge on any atom is -0.326 e. The van der Waals surface area contributed by atoms with Gasteiger partial charge in [0.25, 0.3) is 0 Å². The number of rotatable bonds is 6. The smallest absolute Gasteiger partial charge is 0.0189 e. The number of halogens is 1. The maximum absolute atomic E-state index is 5.70. The van der Waals surface area contributed by atoms with Crippen LogP contribution in [0.1, 0.15) is 31.7 Å². The van der Waals surface area contributed by atoms with Crippen molar-refractivity contribution in [3.05, 3.63) is 28.2 Å². The summed E-state index contributed by atoms with van der Waals surface area (Å²) in [6.45, 7) is 2.86. The second kappa shape index (κ2) is 7.31. The predicted molar refractivity (Wildman–Crippen MR) is 72.3 cm³/mol. The maximum Gasteiger partial charge on any atom is 0.0189 e. The van der Waals surface area contributed by atoms with Crippen molar-refractivity contribution >= 4 is 27.7 Å². The molecule has 0 bridgehead atoms. The molecule has 0 heterocycles. The van der Waals surface area contributed by atoms with E-state index in [4.69, 9.17) is 5.73 Å². The molecule has 1 aromatic rings. The Morgan fingerprint density at radius 2 is 2.13 bits per heavy atom. The van der Waals surface area contributed by atoms with Crippen molar-refractivity contribution < 1.29 is 0 Å². The average Bonchev–Trinajstić information content (AvgIpc) is 2.25. The first-order valence-electron chi connectivity index (χ1n) is 5.39. The molecule has 0 aliphatic heterocycles. The summed E-state index contributed by atoms with van der Waals surface area (Å²) in [5.41, 5.74) is 6.95. The van der Waals surface area contributed by atoms with E-state index in [9.17, 15) is 0 Å². The molecular formula is C12H18BrNS. The largest absolute Gasteiger partial charge is 0.326 e. The molecule has 3 heteroatoms. The van der Waals surface area contributed by atoms with E-state index in [2.05, 4.69) is 41.1 Å². The molecule has 15 heavy (non-hydrogen) atoms. The third kappa shape index (κ3) is 4.58. The normalized spacial score (nSPS) is 10.6. The molecule has 0 unspecified atom stereocenters. The highest BCUT2D eigenvalue weighted by Crippen LogP contribution is 2.27. The van der Waals surface area contributed by atoms with Crippen molar-refractivity contribution in [3.63, 3.8) is 0 Å². The third-order valence-electron chi connectivity index (χ3n) is 2.25. The summed E-state index contributed by atoms with van der Waals surface area (Å²) in [5.74, 6) is 1.19. The summed E-state index contributed by atoms with van der Waals surface area (Å²) in [5, 5.41) is 0. The van der Waals surface area contributed by atoms with Crippen LogP contribution < -0.4 is 5.73 Å².